The summed E-state index contributed by atoms with van der Waals surface area (Å²) in [5.41, 5.74) is 0.976. The number of anilines is 1. The van der Waals surface area contributed by atoms with Gasteiger partial charge in [-0.3, -0.25) is 4.79 Å². The van der Waals surface area contributed by atoms with Gasteiger partial charge in [0.2, 0.25) is 0 Å². The van der Waals surface area contributed by atoms with E-state index in [4.69, 9.17) is 5.11 Å². The van der Waals surface area contributed by atoms with E-state index in [0.29, 0.717) is 0 Å². The first kappa shape index (κ1) is 14.3. The Morgan fingerprint density at radius 1 is 1.22 bits per heavy atom. The second kappa shape index (κ2) is 8.34. The predicted octanol–water partition coefficient (Wildman–Crippen LogP) is 3.32. The number of benzene rings is 1. The quantitative estimate of drug-likeness (QED) is 0.537. The monoisotopic (exact) mass is 247 g/mol. The Morgan fingerprint density at radius 3 is 2.56 bits per heavy atom. The smallest absolute Gasteiger partial charge is 0.323 e. The minimum atomic E-state index is -0.787. The molecule has 98 valence electrons. The predicted molar refractivity (Wildman–Crippen MR) is 75.0 cm³/mol. The third kappa shape index (κ3) is 5.53. The number of carbonyl (C=O) groups is 1. The standard InChI is InChI=1S/C15H21NO2/c1-2-3-4-5-9-12-16(13-15(17)18)14-10-7-6-8-11-14/h2,6-8,10-11H,1,3-5,9,12-13H2,(H,17,18). The summed E-state index contributed by atoms with van der Waals surface area (Å²) >= 11 is 0. The molecular formula is C15H21NO2. The molecule has 1 N–H and O–H groups in total. The molecule has 0 aromatic heterocycles. The van der Waals surface area contributed by atoms with Gasteiger partial charge < -0.3 is 10.0 Å². The Hall–Kier alpha value is -1.77. The van der Waals surface area contributed by atoms with Crippen LogP contribution in [0.3, 0.4) is 0 Å². The molecule has 0 aliphatic rings. The largest absolute Gasteiger partial charge is 0.480 e. The fourth-order valence-corrected chi connectivity index (χ4v) is 1.87. The Balaban J connectivity index is 2.46. The fraction of sp³-hybridized carbons (Fsp3) is 0.400. The molecular weight excluding hydrogens is 226 g/mol. The van der Waals surface area contributed by atoms with Gasteiger partial charge in [-0.2, -0.15) is 0 Å². The van der Waals surface area contributed by atoms with Gasteiger partial charge in [0, 0.05) is 12.2 Å². The van der Waals surface area contributed by atoms with Crippen molar-refractivity contribution in [1.82, 2.24) is 0 Å². The lowest BCUT2D eigenvalue weighted by molar-refractivity contribution is -0.135. The van der Waals surface area contributed by atoms with Crippen molar-refractivity contribution < 1.29 is 9.90 Å². The van der Waals surface area contributed by atoms with Crippen molar-refractivity contribution in [2.75, 3.05) is 18.0 Å². The van der Waals surface area contributed by atoms with Gasteiger partial charge in [-0.25, -0.2) is 0 Å². The average molecular weight is 247 g/mol. The Labute approximate surface area is 109 Å². The second-order valence-electron chi connectivity index (χ2n) is 4.29. The molecule has 0 atom stereocenters. The Bertz CT molecular complexity index is 362. The lowest BCUT2D eigenvalue weighted by atomic mass is 10.2. The van der Waals surface area contributed by atoms with E-state index < -0.39 is 5.97 Å². The number of nitrogens with zero attached hydrogens (tertiary/aromatic N) is 1. The first-order chi connectivity index (χ1) is 8.74. The van der Waals surface area contributed by atoms with E-state index in [9.17, 15) is 4.79 Å². The van der Waals surface area contributed by atoms with Crippen molar-refractivity contribution in [3.63, 3.8) is 0 Å². The number of hydrogen-bond donors (Lipinski definition) is 1. The molecule has 1 rings (SSSR count). The Morgan fingerprint density at radius 2 is 1.94 bits per heavy atom. The first-order valence-corrected chi connectivity index (χ1v) is 6.36. The number of rotatable bonds is 9. The molecule has 0 aliphatic carbocycles. The molecule has 0 fully saturated rings. The van der Waals surface area contributed by atoms with E-state index in [1.807, 2.05) is 41.3 Å². The maximum absolute atomic E-state index is 10.9. The molecule has 0 radical (unpaired) electrons. The lowest BCUT2D eigenvalue weighted by Crippen LogP contribution is -2.30. The first-order valence-electron chi connectivity index (χ1n) is 6.36. The summed E-state index contributed by atoms with van der Waals surface area (Å²) in [7, 11) is 0. The minimum Gasteiger partial charge on any atom is -0.480 e. The Kier molecular flexibility index (Phi) is 6.62. The maximum Gasteiger partial charge on any atom is 0.323 e. The van der Waals surface area contributed by atoms with E-state index in [2.05, 4.69) is 6.58 Å². The molecule has 0 unspecified atom stereocenters. The normalized spacial score (nSPS) is 10.0. The number of carboxylic acid groups (broad SMARTS) is 1. The molecule has 3 heteroatoms. The highest BCUT2D eigenvalue weighted by Crippen LogP contribution is 2.14. The van der Waals surface area contributed by atoms with Gasteiger partial charge in [-0.15, -0.1) is 6.58 Å². The number of hydrogen-bond acceptors (Lipinski definition) is 2. The molecule has 0 saturated heterocycles. The van der Waals surface area contributed by atoms with Gasteiger partial charge in [0.1, 0.15) is 6.54 Å². The highest BCUT2D eigenvalue weighted by Gasteiger charge is 2.09. The summed E-state index contributed by atoms with van der Waals surface area (Å²) in [4.78, 5) is 12.8. The number of carboxylic acids is 1. The molecule has 0 amide bonds. The average Bonchev–Trinajstić information content (AvgIpc) is 2.38. The fourth-order valence-electron chi connectivity index (χ4n) is 1.87. The van der Waals surface area contributed by atoms with Crippen LogP contribution in [0.1, 0.15) is 25.7 Å². The molecule has 0 spiro atoms. The van der Waals surface area contributed by atoms with Gasteiger partial charge >= 0.3 is 5.97 Å². The van der Waals surface area contributed by atoms with Crippen molar-refractivity contribution in [1.29, 1.82) is 0 Å². The van der Waals surface area contributed by atoms with E-state index in [1.54, 1.807) is 0 Å². The van der Waals surface area contributed by atoms with Gasteiger partial charge in [-0.05, 0) is 31.4 Å². The number of para-hydroxylation sites is 1. The van der Waals surface area contributed by atoms with E-state index in [0.717, 1.165) is 37.9 Å². The summed E-state index contributed by atoms with van der Waals surface area (Å²) in [5.74, 6) is -0.787. The number of unbranched alkanes of at least 4 members (excludes halogenated alkanes) is 3. The van der Waals surface area contributed by atoms with Crippen molar-refractivity contribution in [3.05, 3.63) is 43.0 Å². The van der Waals surface area contributed by atoms with E-state index >= 15 is 0 Å². The van der Waals surface area contributed by atoms with Crippen molar-refractivity contribution in [2.24, 2.45) is 0 Å². The molecule has 0 heterocycles. The van der Waals surface area contributed by atoms with Gasteiger partial charge in [0.25, 0.3) is 0 Å². The van der Waals surface area contributed by atoms with Crippen molar-refractivity contribution in [3.8, 4) is 0 Å². The van der Waals surface area contributed by atoms with Gasteiger partial charge in [-0.1, -0.05) is 30.7 Å². The number of allylic oxidation sites excluding steroid dienone is 1. The number of aliphatic carboxylic acids is 1. The summed E-state index contributed by atoms with van der Waals surface area (Å²) in [5, 5.41) is 8.93. The van der Waals surface area contributed by atoms with Crippen LogP contribution < -0.4 is 4.90 Å². The van der Waals surface area contributed by atoms with Crippen LogP contribution in [0.4, 0.5) is 5.69 Å². The van der Waals surface area contributed by atoms with Crippen LogP contribution in [-0.4, -0.2) is 24.2 Å². The second-order valence-corrected chi connectivity index (χ2v) is 4.29. The summed E-state index contributed by atoms with van der Waals surface area (Å²) < 4.78 is 0. The SMILES string of the molecule is C=CCCCCCN(CC(=O)O)c1ccccc1. The van der Waals surface area contributed by atoms with Crippen LogP contribution in [0.25, 0.3) is 0 Å². The molecule has 0 saturated carbocycles. The van der Waals surface area contributed by atoms with Gasteiger partial charge in [0.05, 0.1) is 0 Å². The van der Waals surface area contributed by atoms with Crippen LogP contribution in [0.5, 0.6) is 0 Å². The third-order valence-corrected chi connectivity index (χ3v) is 2.78. The van der Waals surface area contributed by atoms with E-state index in [-0.39, 0.29) is 6.54 Å². The van der Waals surface area contributed by atoms with Crippen LogP contribution in [0.2, 0.25) is 0 Å². The summed E-state index contributed by atoms with van der Waals surface area (Å²) in [6.45, 7) is 4.54. The zero-order valence-electron chi connectivity index (χ0n) is 10.7. The maximum atomic E-state index is 10.9. The topological polar surface area (TPSA) is 40.5 Å². The summed E-state index contributed by atoms with van der Waals surface area (Å²) in [6, 6.07) is 9.70. The van der Waals surface area contributed by atoms with Gasteiger partial charge in [0.15, 0.2) is 0 Å². The summed E-state index contributed by atoms with van der Waals surface area (Å²) in [6.07, 6.45) is 6.20. The van der Waals surface area contributed by atoms with E-state index in [1.165, 1.54) is 0 Å². The third-order valence-electron chi connectivity index (χ3n) is 2.78. The molecule has 3 nitrogen and oxygen atoms in total. The zero-order valence-corrected chi connectivity index (χ0v) is 10.7. The minimum absolute atomic E-state index is 0.0610. The highest BCUT2D eigenvalue weighted by atomic mass is 16.4. The lowest BCUT2D eigenvalue weighted by Gasteiger charge is -2.22. The molecule has 1 aromatic carbocycles. The zero-order chi connectivity index (χ0) is 13.2. The van der Waals surface area contributed by atoms with Crippen molar-refractivity contribution in [2.45, 2.75) is 25.7 Å². The van der Waals surface area contributed by atoms with Crippen molar-refractivity contribution >= 4 is 11.7 Å². The molecule has 0 bridgehead atoms. The highest BCUT2D eigenvalue weighted by molar-refractivity contribution is 5.73. The van der Waals surface area contributed by atoms with Crippen LogP contribution >= 0.6 is 0 Å². The molecule has 18 heavy (non-hydrogen) atoms. The molecule has 0 aliphatic heterocycles. The van der Waals surface area contributed by atoms with Crippen LogP contribution in [0, 0.1) is 0 Å². The molecule has 1 aromatic rings. The van der Waals surface area contributed by atoms with Crippen LogP contribution in [0.15, 0.2) is 43.0 Å². The van der Waals surface area contributed by atoms with Crippen LogP contribution in [-0.2, 0) is 4.79 Å².